The molecule has 1 aromatic carbocycles. The number of aryl methyl sites for hydroxylation is 4. The molecule has 1 aromatic heterocycles. The maximum atomic E-state index is 13.7. The number of hydrogen-bond donors (Lipinski definition) is 0. The minimum atomic E-state index is -0.187. The quantitative estimate of drug-likeness (QED) is 0.749. The summed E-state index contributed by atoms with van der Waals surface area (Å²) in [6.45, 7) is 7.59. The Kier molecular flexibility index (Phi) is 2.92. The van der Waals surface area contributed by atoms with E-state index in [9.17, 15) is 4.39 Å². The lowest BCUT2D eigenvalue weighted by Crippen LogP contribution is -1.98. The van der Waals surface area contributed by atoms with Gasteiger partial charge in [-0.2, -0.15) is 0 Å². The second-order valence-electron chi connectivity index (χ2n) is 4.34. The highest BCUT2D eigenvalue weighted by molar-refractivity contribution is 5.71. The van der Waals surface area contributed by atoms with E-state index in [4.69, 9.17) is 0 Å². The standard InChI is InChI=1S/C14H15FN2/c1-8-5-9(2)13(15)6-12(8)14-10(3)16-7-17-11(14)4/h5-7H,1-4H3. The van der Waals surface area contributed by atoms with E-state index in [-0.39, 0.29) is 5.82 Å². The molecule has 2 rings (SSSR count). The first-order chi connectivity index (χ1) is 8.00. The summed E-state index contributed by atoms with van der Waals surface area (Å²) in [4.78, 5) is 8.35. The summed E-state index contributed by atoms with van der Waals surface area (Å²) in [5, 5.41) is 0. The molecule has 0 N–H and O–H groups in total. The van der Waals surface area contributed by atoms with Gasteiger partial charge in [-0.05, 0) is 50.5 Å². The Morgan fingerprint density at radius 2 is 1.47 bits per heavy atom. The fourth-order valence-electron chi connectivity index (χ4n) is 2.08. The molecule has 0 atom stereocenters. The van der Waals surface area contributed by atoms with Crippen molar-refractivity contribution in [3.8, 4) is 11.1 Å². The van der Waals surface area contributed by atoms with Crippen LogP contribution in [0.4, 0.5) is 4.39 Å². The van der Waals surface area contributed by atoms with Gasteiger partial charge in [0.15, 0.2) is 0 Å². The summed E-state index contributed by atoms with van der Waals surface area (Å²) in [7, 11) is 0. The molecule has 0 bridgehead atoms. The van der Waals surface area contributed by atoms with Gasteiger partial charge in [0.2, 0.25) is 0 Å². The molecular weight excluding hydrogens is 215 g/mol. The normalized spacial score (nSPS) is 10.6. The summed E-state index contributed by atoms with van der Waals surface area (Å²) >= 11 is 0. The average Bonchev–Trinajstić information content (AvgIpc) is 2.25. The van der Waals surface area contributed by atoms with Crippen LogP contribution in [-0.4, -0.2) is 9.97 Å². The molecule has 2 aromatic rings. The van der Waals surface area contributed by atoms with Crippen LogP contribution in [0.3, 0.4) is 0 Å². The molecule has 0 aliphatic heterocycles. The highest BCUT2D eigenvalue weighted by atomic mass is 19.1. The lowest BCUT2D eigenvalue weighted by atomic mass is 9.96. The maximum absolute atomic E-state index is 13.7. The van der Waals surface area contributed by atoms with Crippen LogP contribution in [0.25, 0.3) is 11.1 Å². The van der Waals surface area contributed by atoms with E-state index in [1.165, 1.54) is 6.33 Å². The summed E-state index contributed by atoms with van der Waals surface area (Å²) < 4.78 is 13.7. The van der Waals surface area contributed by atoms with Gasteiger partial charge >= 0.3 is 0 Å². The van der Waals surface area contributed by atoms with Crippen LogP contribution in [-0.2, 0) is 0 Å². The molecule has 3 heteroatoms. The van der Waals surface area contributed by atoms with Gasteiger partial charge in [-0.15, -0.1) is 0 Å². The Balaban J connectivity index is 2.73. The van der Waals surface area contributed by atoms with Crippen LogP contribution in [0.2, 0.25) is 0 Å². The fourth-order valence-corrected chi connectivity index (χ4v) is 2.08. The number of hydrogen-bond acceptors (Lipinski definition) is 2. The Morgan fingerprint density at radius 1 is 0.882 bits per heavy atom. The van der Waals surface area contributed by atoms with Crippen molar-refractivity contribution in [2.45, 2.75) is 27.7 Å². The highest BCUT2D eigenvalue weighted by Gasteiger charge is 2.12. The molecule has 88 valence electrons. The minimum absolute atomic E-state index is 0.187. The third-order valence-corrected chi connectivity index (χ3v) is 3.00. The summed E-state index contributed by atoms with van der Waals surface area (Å²) in [5.74, 6) is -0.187. The summed E-state index contributed by atoms with van der Waals surface area (Å²) in [5.41, 5.74) is 5.28. The van der Waals surface area contributed by atoms with Gasteiger partial charge in [0, 0.05) is 17.0 Å². The zero-order valence-corrected chi connectivity index (χ0v) is 10.5. The number of benzene rings is 1. The summed E-state index contributed by atoms with van der Waals surface area (Å²) in [6.07, 6.45) is 1.54. The first-order valence-corrected chi connectivity index (χ1v) is 5.56. The molecule has 2 nitrogen and oxygen atoms in total. The van der Waals surface area contributed by atoms with Gasteiger partial charge in [0.05, 0.1) is 0 Å². The zero-order valence-electron chi connectivity index (χ0n) is 10.5. The molecule has 0 aliphatic rings. The fraction of sp³-hybridized carbons (Fsp3) is 0.286. The summed E-state index contributed by atoms with van der Waals surface area (Å²) in [6, 6.07) is 3.43. The number of nitrogens with zero attached hydrogens (tertiary/aromatic N) is 2. The van der Waals surface area contributed by atoms with E-state index in [0.717, 1.165) is 28.1 Å². The van der Waals surface area contributed by atoms with Crippen molar-refractivity contribution >= 4 is 0 Å². The number of aromatic nitrogens is 2. The van der Waals surface area contributed by atoms with Crippen LogP contribution in [0.15, 0.2) is 18.5 Å². The topological polar surface area (TPSA) is 25.8 Å². The van der Waals surface area contributed by atoms with Crippen LogP contribution < -0.4 is 0 Å². The monoisotopic (exact) mass is 230 g/mol. The van der Waals surface area contributed by atoms with Gasteiger partial charge in [0.25, 0.3) is 0 Å². The van der Waals surface area contributed by atoms with Gasteiger partial charge in [-0.1, -0.05) is 6.07 Å². The number of halogens is 1. The van der Waals surface area contributed by atoms with Crippen LogP contribution in [0.5, 0.6) is 0 Å². The second-order valence-corrected chi connectivity index (χ2v) is 4.34. The van der Waals surface area contributed by atoms with Gasteiger partial charge in [0.1, 0.15) is 12.1 Å². The van der Waals surface area contributed by atoms with Crippen molar-refractivity contribution < 1.29 is 4.39 Å². The van der Waals surface area contributed by atoms with Crippen LogP contribution in [0.1, 0.15) is 22.5 Å². The second kappa shape index (κ2) is 4.24. The molecule has 0 spiro atoms. The molecule has 0 unspecified atom stereocenters. The Bertz CT molecular complexity index is 556. The van der Waals surface area contributed by atoms with Crippen LogP contribution in [0, 0.1) is 33.5 Å². The number of rotatable bonds is 1. The first-order valence-electron chi connectivity index (χ1n) is 5.56. The first kappa shape index (κ1) is 11.7. The van der Waals surface area contributed by atoms with E-state index in [1.807, 2.05) is 26.8 Å². The molecule has 0 saturated carbocycles. The average molecular weight is 230 g/mol. The molecule has 17 heavy (non-hydrogen) atoms. The predicted octanol–water partition coefficient (Wildman–Crippen LogP) is 3.52. The van der Waals surface area contributed by atoms with Crippen molar-refractivity contribution in [3.05, 3.63) is 46.8 Å². The van der Waals surface area contributed by atoms with E-state index in [2.05, 4.69) is 9.97 Å². The molecule has 0 fully saturated rings. The third-order valence-electron chi connectivity index (χ3n) is 3.00. The SMILES string of the molecule is Cc1cc(C)c(-c2c(C)ncnc2C)cc1F. The molecular formula is C14H15FN2. The minimum Gasteiger partial charge on any atom is -0.241 e. The van der Waals surface area contributed by atoms with E-state index >= 15 is 0 Å². The predicted molar refractivity (Wildman–Crippen MR) is 66.4 cm³/mol. The van der Waals surface area contributed by atoms with Gasteiger partial charge in [-0.25, -0.2) is 14.4 Å². The van der Waals surface area contributed by atoms with Crippen molar-refractivity contribution in [3.63, 3.8) is 0 Å². The molecule has 0 aliphatic carbocycles. The van der Waals surface area contributed by atoms with Crippen LogP contribution >= 0.6 is 0 Å². The Morgan fingerprint density at radius 3 is 2.06 bits per heavy atom. The Labute approximate surface area is 101 Å². The lowest BCUT2D eigenvalue weighted by Gasteiger charge is -2.12. The molecule has 1 heterocycles. The largest absolute Gasteiger partial charge is 0.241 e. The van der Waals surface area contributed by atoms with E-state index < -0.39 is 0 Å². The zero-order chi connectivity index (χ0) is 12.6. The van der Waals surface area contributed by atoms with E-state index in [0.29, 0.717) is 5.56 Å². The van der Waals surface area contributed by atoms with E-state index in [1.54, 1.807) is 13.0 Å². The van der Waals surface area contributed by atoms with Crippen molar-refractivity contribution in [1.82, 2.24) is 9.97 Å². The molecule has 0 amide bonds. The molecule has 0 saturated heterocycles. The lowest BCUT2D eigenvalue weighted by molar-refractivity contribution is 0.618. The third kappa shape index (κ3) is 2.05. The van der Waals surface area contributed by atoms with Gasteiger partial charge < -0.3 is 0 Å². The highest BCUT2D eigenvalue weighted by Crippen LogP contribution is 2.29. The maximum Gasteiger partial charge on any atom is 0.126 e. The smallest absolute Gasteiger partial charge is 0.126 e. The van der Waals surface area contributed by atoms with Gasteiger partial charge in [-0.3, -0.25) is 0 Å². The van der Waals surface area contributed by atoms with Crippen molar-refractivity contribution in [1.29, 1.82) is 0 Å². The van der Waals surface area contributed by atoms with Crippen molar-refractivity contribution in [2.75, 3.05) is 0 Å². The Hall–Kier alpha value is -1.77. The van der Waals surface area contributed by atoms with Crippen molar-refractivity contribution in [2.24, 2.45) is 0 Å². The molecule has 0 radical (unpaired) electrons.